The minimum absolute atomic E-state index is 0. The van der Waals surface area contributed by atoms with Crippen LogP contribution >= 0.6 is 9.90 Å². The fourth-order valence-electron chi connectivity index (χ4n) is 0.587. The molecule has 3 N–H and O–H groups in total. The van der Waals surface area contributed by atoms with E-state index in [1.807, 2.05) is 5.43 Å². The molecular formula is C6H10N3OP. The Balaban J connectivity index is 0.000001000. The maximum atomic E-state index is 10.7. The molecule has 60 valence electrons. The molecule has 1 atom stereocenters. The number of nitrogens with zero attached hydrogens (tertiary/aromatic N) is 1. The highest BCUT2D eigenvalue weighted by molar-refractivity contribution is 6.92. The van der Waals surface area contributed by atoms with Crippen LogP contribution in [0.25, 0.3) is 0 Å². The predicted molar refractivity (Wildman–Crippen MR) is 47.0 cm³/mol. The summed E-state index contributed by atoms with van der Waals surface area (Å²) in [6.07, 6.45) is 3.06. The van der Waals surface area contributed by atoms with Crippen molar-refractivity contribution in [3.63, 3.8) is 0 Å². The van der Waals surface area contributed by atoms with E-state index in [0.29, 0.717) is 5.56 Å². The van der Waals surface area contributed by atoms with Crippen LogP contribution in [-0.4, -0.2) is 10.9 Å². The number of nitrogens with one attached hydrogen (secondary N) is 1. The van der Waals surface area contributed by atoms with Crippen LogP contribution in [0, 0.1) is 0 Å². The van der Waals surface area contributed by atoms with Crippen molar-refractivity contribution >= 4 is 15.8 Å². The van der Waals surface area contributed by atoms with Gasteiger partial charge < -0.3 is 0 Å². The average Bonchev–Trinajstić information content (AvgIpc) is 2.05. The van der Waals surface area contributed by atoms with Crippen LogP contribution in [0.3, 0.4) is 0 Å². The van der Waals surface area contributed by atoms with E-state index in [0.717, 1.165) is 0 Å². The van der Waals surface area contributed by atoms with Crippen LogP contribution in [0.15, 0.2) is 24.5 Å². The number of pyridine rings is 1. The highest BCUT2D eigenvalue weighted by Crippen LogP contribution is 1.93. The summed E-state index contributed by atoms with van der Waals surface area (Å²) in [5.41, 5.74) is 2.53. The second-order valence-electron chi connectivity index (χ2n) is 1.71. The molecule has 0 aliphatic rings. The minimum atomic E-state index is -0.303. The summed E-state index contributed by atoms with van der Waals surface area (Å²) in [5, 5.41) is 0. The van der Waals surface area contributed by atoms with Crippen LogP contribution in [0.2, 0.25) is 0 Å². The summed E-state index contributed by atoms with van der Waals surface area (Å²) in [5.74, 6) is 4.58. The lowest BCUT2D eigenvalue weighted by atomic mass is 10.3. The molecule has 1 aromatic heterocycles. The van der Waals surface area contributed by atoms with E-state index in [1.165, 1.54) is 12.4 Å². The maximum Gasteiger partial charge on any atom is 0.265 e. The van der Waals surface area contributed by atoms with E-state index in [4.69, 9.17) is 5.84 Å². The summed E-state index contributed by atoms with van der Waals surface area (Å²) in [6, 6.07) is 3.17. The van der Waals surface area contributed by atoms with Gasteiger partial charge >= 0.3 is 0 Å². The van der Waals surface area contributed by atoms with Crippen molar-refractivity contribution in [1.82, 2.24) is 10.4 Å². The third-order valence-corrected chi connectivity index (χ3v) is 1.07. The van der Waals surface area contributed by atoms with Crippen molar-refractivity contribution < 1.29 is 4.79 Å². The zero-order chi connectivity index (χ0) is 7.40. The van der Waals surface area contributed by atoms with Gasteiger partial charge in [-0.2, -0.15) is 9.90 Å². The number of carbonyl (C=O) groups is 1. The highest BCUT2D eigenvalue weighted by Gasteiger charge is 1.98. The summed E-state index contributed by atoms with van der Waals surface area (Å²) >= 11 is 0. The Hall–Kier alpha value is -0.990. The largest absolute Gasteiger partial charge is 0.290 e. The molecule has 0 aliphatic heterocycles. The van der Waals surface area contributed by atoms with Gasteiger partial charge in [-0.15, -0.1) is 0 Å². The van der Waals surface area contributed by atoms with Crippen molar-refractivity contribution in [3.05, 3.63) is 30.1 Å². The van der Waals surface area contributed by atoms with Gasteiger partial charge in [0.05, 0.1) is 0 Å². The molecule has 0 saturated heterocycles. The fraction of sp³-hybridized carbons (Fsp3) is 0. The SMILES string of the molecule is NNC(=O)c1ccncc1.P. The number of aromatic nitrogens is 1. The molecule has 0 aromatic carbocycles. The molecular weight excluding hydrogens is 161 g/mol. The monoisotopic (exact) mass is 171 g/mol. The molecule has 1 unspecified atom stereocenters. The van der Waals surface area contributed by atoms with Crippen LogP contribution in [0.1, 0.15) is 10.4 Å². The number of hydrogen-bond acceptors (Lipinski definition) is 3. The molecule has 4 nitrogen and oxygen atoms in total. The predicted octanol–water partition coefficient (Wildman–Crippen LogP) is -0.257. The first-order valence-electron chi connectivity index (χ1n) is 2.75. The van der Waals surface area contributed by atoms with Crippen LogP contribution in [0.5, 0.6) is 0 Å². The van der Waals surface area contributed by atoms with Crippen LogP contribution in [0.4, 0.5) is 0 Å². The lowest BCUT2D eigenvalue weighted by molar-refractivity contribution is 0.0953. The first-order chi connectivity index (χ1) is 4.84. The van der Waals surface area contributed by atoms with Gasteiger partial charge in [-0.1, -0.05) is 0 Å². The van der Waals surface area contributed by atoms with Gasteiger partial charge in [0, 0.05) is 18.0 Å². The lowest BCUT2D eigenvalue weighted by Crippen LogP contribution is -2.29. The van der Waals surface area contributed by atoms with E-state index in [9.17, 15) is 4.79 Å². The fourth-order valence-corrected chi connectivity index (χ4v) is 0.587. The van der Waals surface area contributed by atoms with Gasteiger partial charge in [0.15, 0.2) is 0 Å². The highest BCUT2D eigenvalue weighted by atomic mass is 31.0. The topological polar surface area (TPSA) is 68.0 Å². The third kappa shape index (κ3) is 2.62. The zero-order valence-electron chi connectivity index (χ0n) is 5.95. The molecule has 0 fully saturated rings. The van der Waals surface area contributed by atoms with Crippen LogP contribution in [-0.2, 0) is 0 Å². The molecule has 0 saturated carbocycles. The van der Waals surface area contributed by atoms with E-state index >= 15 is 0 Å². The Morgan fingerprint density at radius 2 is 2.00 bits per heavy atom. The minimum Gasteiger partial charge on any atom is -0.290 e. The second kappa shape index (κ2) is 4.77. The number of carbonyl (C=O) groups excluding carboxylic acids is 1. The Morgan fingerprint density at radius 1 is 1.45 bits per heavy atom. The molecule has 1 amide bonds. The summed E-state index contributed by atoms with van der Waals surface area (Å²) < 4.78 is 0. The third-order valence-electron chi connectivity index (χ3n) is 1.07. The Morgan fingerprint density at radius 3 is 2.45 bits per heavy atom. The lowest BCUT2D eigenvalue weighted by Gasteiger charge is -1.95. The maximum absolute atomic E-state index is 10.7. The molecule has 1 heterocycles. The summed E-state index contributed by atoms with van der Waals surface area (Å²) in [7, 11) is 0. The van der Waals surface area contributed by atoms with Crippen LogP contribution < -0.4 is 11.3 Å². The first kappa shape index (κ1) is 10.0. The molecule has 0 radical (unpaired) electrons. The molecule has 5 heteroatoms. The second-order valence-corrected chi connectivity index (χ2v) is 1.71. The van der Waals surface area contributed by atoms with Gasteiger partial charge in [-0.05, 0) is 12.1 Å². The van der Waals surface area contributed by atoms with Crippen molar-refractivity contribution in [2.24, 2.45) is 5.84 Å². The number of amides is 1. The molecule has 0 spiro atoms. The number of hydrazine groups is 1. The van der Waals surface area contributed by atoms with Gasteiger partial charge in [0.25, 0.3) is 5.91 Å². The van der Waals surface area contributed by atoms with Gasteiger partial charge in [0.1, 0.15) is 0 Å². The normalized spacial score (nSPS) is 8.09. The molecule has 1 aromatic rings. The number of nitrogens with two attached hydrogens (primary N) is 1. The summed E-state index contributed by atoms with van der Waals surface area (Å²) in [6.45, 7) is 0. The molecule has 0 aliphatic carbocycles. The molecule has 1 rings (SSSR count). The van der Waals surface area contributed by atoms with Gasteiger partial charge in [0.2, 0.25) is 0 Å². The van der Waals surface area contributed by atoms with Crippen molar-refractivity contribution in [1.29, 1.82) is 0 Å². The first-order valence-corrected chi connectivity index (χ1v) is 2.75. The van der Waals surface area contributed by atoms with E-state index in [2.05, 4.69) is 4.98 Å². The van der Waals surface area contributed by atoms with Gasteiger partial charge in [-0.3, -0.25) is 15.2 Å². The number of nitrogen functional groups attached to an aromatic ring is 1. The Bertz CT molecular complexity index is 227. The molecule has 11 heavy (non-hydrogen) atoms. The molecule has 0 bridgehead atoms. The quantitative estimate of drug-likeness (QED) is 0.265. The van der Waals surface area contributed by atoms with Crippen molar-refractivity contribution in [2.75, 3.05) is 0 Å². The standard InChI is InChI=1S/C6H7N3O.H3P/c7-9-6(10)5-1-3-8-4-2-5;/h1-4H,7H2,(H,9,10);1H3. The number of hydrogen-bond donors (Lipinski definition) is 2. The Labute approximate surface area is 67.8 Å². The summed E-state index contributed by atoms with van der Waals surface area (Å²) in [4.78, 5) is 14.5. The smallest absolute Gasteiger partial charge is 0.265 e. The number of rotatable bonds is 1. The zero-order valence-corrected chi connectivity index (χ0v) is 7.36. The van der Waals surface area contributed by atoms with Gasteiger partial charge in [-0.25, -0.2) is 5.84 Å². The van der Waals surface area contributed by atoms with Crippen molar-refractivity contribution in [2.45, 2.75) is 0 Å². The van der Waals surface area contributed by atoms with E-state index < -0.39 is 0 Å². The van der Waals surface area contributed by atoms with E-state index in [-0.39, 0.29) is 15.8 Å². The van der Waals surface area contributed by atoms with Crippen molar-refractivity contribution in [3.8, 4) is 0 Å². The Kier molecular flexibility index (Phi) is 4.34. The van der Waals surface area contributed by atoms with E-state index in [1.54, 1.807) is 12.1 Å². The average molecular weight is 171 g/mol.